The van der Waals surface area contributed by atoms with Gasteiger partial charge in [-0.3, -0.25) is 9.59 Å². The maximum absolute atomic E-state index is 12.8. The van der Waals surface area contributed by atoms with Gasteiger partial charge in [-0.25, -0.2) is 0 Å². The van der Waals surface area contributed by atoms with E-state index in [2.05, 4.69) is 5.32 Å². The highest BCUT2D eigenvalue weighted by Gasteiger charge is 2.28. The zero-order valence-electron chi connectivity index (χ0n) is 14.6. The van der Waals surface area contributed by atoms with Crippen LogP contribution in [0.4, 0.5) is 0 Å². The second kappa shape index (κ2) is 8.68. The predicted molar refractivity (Wildman–Crippen MR) is 91.1 cm³/mol. The van der Waals surface area contributed by atoms with Gasteiger partial charge in [0.2, 0.25) is 5.91 Å². The predicted octanol–water partition coefficient (Wildman–Crippen LogP) is 1.70. The average Bonchev–Trinajstić information content (AvgIpc) is 2.60. The molecule has 0 unspecified atom stereocenters. The molecule has 1 aliphatic heterocycles. The van der Waals surface area contributed by atoms with Crippen LogP contribution in [0.15, 0.2) is 24.3 Å². The van der Waals surface area contributed by atoms with E-state index in [0.717, 1.165) is 0 Å². The first-order chi connectivity index (χ1) is 11.5. The van der Waals surface area contributed by atoms with Gasteiger partial charge in [-0.1, -0.05) is 19.9 Å². The van der Waals surface area contributed by atoms with E-state index in [1.807, 2.05) is 13.8 Å². The molecule has 1 saturated heterocycles. The topological polar surface area (TPSA) is 67.9 Å². The molecule has 1 aromatic rings. The molecule has 0 saturated carbocycles. The van der Waals surface area contributed by atoms with Crippen LogP contribution in [0.2, 0.25) is 0 Å². The second-order valence-corrected chi connectivity index (χ2v) is 6.33. The van der Waals surface area contributed by atoms with Gasteiger partial charge in [-0.15, -0.1) is 0 Å². The third-order valence-electron chi connectivity index (χ3n) is 3.97. The van der Waals surface area contributed by atoms with Crippen LogP contribution in [-0.4, -0.2) is 56.2 Å². The van der Waals surface area contributed by atoms with Crippen molar-refractivity contribution in [2.45, 2.75) is 26.3 Å². The number of rotatable bonds is 6. The number of amides is 2. The average molecular weight is 334 g/mol. The van der Waals surface area contributed by atoms with Crippen LogP contribution in [-0.2, 0) is 9.53 Å². The number of morpholine rings is 1. The number of nitrogens with one attached hydrogen (secondary N) is 1. The Kier molecular flexibility index (Phi) is 6.61. The van der Waals surface area contributed by atoms with Crippen LogP contribution in [0.5, 0.6) is 5.75 Å². The smallest absolute Gasteiger partial charge is 0.252 e. The maximum atomic E-state index is 12.8. The van der Waals surface area contributed by atoms with Gasteiger partial charge in [0.1, 0.15) is 11.8 Å². The van der Waals surface area contributed by atoms with E-state index in [0.29, 0.717) is 50.0 Å². The molecular weight excluding hydrogens is 308 g/mol. The van der Waals surface area contributed by atoms with Gasteiger partial charge in [0.05, 0.1) is 20.3 Å². The summed E-state index contributed by atoms with van der Waals surface area (Å²) in [6, 6.07) is 6.39. The van der Waals surface area contributed by atoms with Crippen LogP contribution in [0.25, 0.3) is 0 Å². The molecule has 0 radical (unpaired) electrons. The Balaban J connectivity index is 2.09. The number of carbonyl (C=O) groups excluding carboxylic acids is 2. The molecule has 1 N–H and O–H groups in total. The lowest BCUT2D eigenvalue weighted by Crippen LogP contribution is -2.52. The number of hydrogen-bond acceptors (Lipinski definition) is 4. The van der Waals surface area contributed by atoms with Crippen molar-refractivity contribution < 1.29 is 19.1 Å². The molecule has 2 amide bonds. The Morgan fingerprint density at radius 1 is 1.29 bits per heavy atom. The van der Waals surface area contributed by atoms with Crippen molar-refractivity contribution in [1.29, 1.82) is 0 Å². The fourth-order valence-electron chi connectivity index (χ4n) is 2.70. The van der Waals surface area contributed by atoms with Gasteiger partial charge in [-0.2, -0.15) is 0 Å². The lowest BCUT2D eigenvalue weighted by molar-refractivity contribution is -0.137. The van der Waals surface area contributed by atoms with E-state index in [1.165, 1.54) is 0 Å². The molecule has 0 bridgehead atoms. The minimum Gasteiger partial charge on any atom is -0.497 e. The summed E-state index contributed by atoms with van der Waals surface area (Å²) in [4.78, 5) is 27.1. The molecule has 1 fully saturated rings. The van der Waals surface area contributed by atoms with E-state index in [1.54, 1.807) is 36.3 Å². The number of nitrogens with zero attached hydrogens (tertiary/aromatic N) is 1. The van der Waals surface area contributed by atoms with E-state index in [-0.39, 0.29) is 11.8 Å². The Bertz CT molecular complexity index is 568. The first kappa shape index (κ1) is 18.3. The minimum absolute atomic E-state index is 0.0387. The molecule has 24 heavy (non-hydrogen) atoms. The summed E-state index contributed by atoms with van der Waals surface area (Å²) in [6.45, 7) is 6.31. The zero-order valence-corrected chi connectivity index (χ0v) is 14.6. The Morgan fingerprint density at radius 2 is 2.00 bits per heavy atom. The summed E-state index contributed by atoms with van der Waals surface area (Å²) in [5.41, 5.74) is 0.484. The molecule has 1 aromatic carbocycles. The highest BCUT2D eigenvalue weighted by molar-refractivity contribution is 5.97. The number of benzene rings is 1. The Morgan fingerprint density at radius 3 is 2.62 bits per heavy atom. The SMILES string of the molecule is COc1cccc(C(=O)N[C@H](CC(C)C)C(=O)N2CCOCC2)c1. The summed E-state index contributed by atoms with van der Waals surface area (Å²) >= 11 is 0. The monoisotopic (exact) mass is 334 g/mol. The molecule has 1 aliphatic rings. The van der Waals surface area contributed by atoms with E-state index in [4.69, 9.17) is 9.47 Å². The summed E-state index contributed by atoms with van der Waals surface area (Å²) < 4.78 is 10.4. The van der Waals surface area contributed by atoms with Crippen LogP contribution < -0.4 is 10.1 Å². The largest absolute Gasteiger partial charge is 0.497 e. The highest BCUT2D eigenvalue weighted by atomic mass is 16.5. The van der Waals surface area contributed by atoms with Crippen molar-refractivity contribution in [3.8, 4) is 5.75 Å². The van der Waals surface area contributed by atoms with Gasteiger partial charge in [0.15, 0.2) is 0 Å². The van der Waals surface area contributed by atoms with Crippen molar-refractivity contribution in [2.75, 3.05) is 33.4 Å². The van der Waals surface area contributed by atoms with Crippen LogP contribution >= 0.6 is 0 Å². The normalized spacial score (nSPS) is 15.9. The van der Waals surface area contributed by atoms with Crippen molar-refractivity contribution in [2.24, 2.45) is 5.92 Å². The van der Waals surface area contributed by atoms with E-state index in [9.17, 15) is 9.59 Å². The third-order valence-corrected chi connectivity index (χ3v) is 3.97. The fourth-order valence-corrected chi connectivity index (χ4v) is 2.70. The lowest BCUT2D eigenvalue weighted by atomic mass is 10.0. The van der Waals surface area contributed by atoms with Crippen molar-refractivity contribution in [3.05, 3.63) is 29.8 Å². The molecule has 0 aliphatic carbocycles. The first-order valence-electron chi connectivity index (χ1n) is 8.32. The Hall–Kier alpha value is -2.08. The maximum Gasteiger partial charge on any atom is 0.252 e. The molecular formula is C18H26N2O4. The van der Waals surface area contributed by atoms with Crippen molar-refractivity contribution in [1.82, 2.24) is 10.2 Å². The first-order valence-corrected chi connectivity index (χ1v) is 8.32. The van der Waals surface area contributed by atoms with E-state index >= 15 is 0 Å². The van der Waals surface area contributed by atoms with Gasteiger partial charge in [0, 0.05) is 18.7 Å². The van der Waals surface area contributed by atoms with Crippen LogP contribution in [0.3, 0.4) is 0 Å². The third kappa shape index (κ3) is 4.96. The molecule has 0 aromatic heterocycles. The molecule has 1 heterocycles. The molecule has 1 atom stereocenters. The number of ether oxygens (including phenoxy) is 2. The zero-order chi connectivity index (χ0) is 17.5. The summed E-state index contributed by atoms with van der Waals surface area (Å²) in [7, 11) is 1.56. The van der Waals surface area contributed by atoms with Gasteiger partial charge < -0.3 is 19.7 Å². The molecule has 6 nitrogen and oxygen atoms in total. The molecule has 0 spiro atoms. The molecule has 2 rings (SSSR count). The van der Waals surface area contributed by atoms with Crippen LogP contribution in [0.1, 0.15) is 30.6 Å². The number of carbonyl (C=O) groups is 2. The number of methoxy groups -OCH3 is 1. The van der Waals surface area contributed by atoms with Gasteiger partial charge in [-0.05, 0) is 30.5 Å². The summed E-state index contributed by atoms with van der Waals surface area (Å²) in [6.07, 6.45) is 0.603. The summed E-state index contributed by atoms with van der Waals surface area (Å²) in [5.74, 6) is 0.609. The van der Waals surface area contributed by atoms with Crippen molar-refractivity contribution >= 4 is 11.8 Å². The van der Waals surface area contributed by atoms with E-state index < -0.39 is 6.04 Å². The van der Waals surface area contributed by atoms with Gasteiger partial charge >= 0.3 is 0 Å². The highest BCUT2D eigenvalue weighted by Crippen LogP contribution is 2.14. The standard InChI is InChI=1S/C18H26N2O4/c1-13(2)11-16(18(22)20-7-9-24-10-8-20)19-17(21)14-5-4-6-15(12-14)23-3/h4-6,12-13,16H,7-11H2,1-3H3,(H,19,21)/t16-/m1/s1. The minimum atomic E-state index is -0.526. The fraction of sp³-hybridized carbons (Fsp3) is 0.556. The number of hydrogen-bond donors (Lipinski definition) is 1. The van der Waals surface area contributed by atoms with Crippen molar-refractivity contribution in [3.63, 3.8) is 0 Å². The molecule has 132 valence electrons. The second-order valence-electron chi connectivity index (χ2n) is 6.33. The van der Waals surface area contributed by atoms with Crippen LogP contribution in [0, 0.1) is 5.92 Å². The quantitative estimate of drug-likeness (QED) is 0.860. The molecule has 6 heteroatoms. The Labute approximate surface area is 143 Å². The lowest BCUT2D eigenvalue weighted by Gasteiger charge is -2.31. The van der Waals surface area contributed by atoms with Gasteiger partial charge in [0.25, 0.3) is 5.91 Å². The summed E-state index contributed by atoms with van der Waals surface area (Å²) in [5, 5.41) is 2.89.